The minimum atomic E-state index is -2.00. The van der Waals surface area contributed by atoms with Crippen LogP contribution in [0.5, 0.6) is 0 Å². The summed E-state index contributed by atoms with van der Waals surface area (Å²) in [6.07, 6.45) is 0. The highest BCUT2D eigenvalue weighted by Gasteiger charge is 2.46. The molecule has 2 aromatic rings. The van der Waals surface area contributed by atoms with E-state index in [2.05, 4.69) is 5.32 Å². The van der Waals surface area contributed by atoms with Crippen LogP contribution >= 0.6 is 0 Å². The van der Waals surface area contributed by atoms with Gasteiger partial charge in [0, 0.05) is 12.7 Å². The Balaban J connectivity index is 2.15. The summed E-state index contributed by atoms with van der Waals surface area (Å²) in [7, 11) is 1.46. The highest BCUT2D eigenvalue weighted by atomic mass is 16.6. The molecule has 1 N–H and O–H groups in total. The molecule has 0 aliphatic carbocycles. The lowest BCUT2D eigenvalue weighted by atomic mass is 10.0. The highest BCUT2D eigenvalue weighted by molar-refractivity contribution is 6.09. The molecule has 0 aliphatic heterocycles. The van der Waals surface area contributed by atoms with Gasteiger partial charge >= 0.3 is 11.9 Å². The van der Waals surface area contributed by atoms with Crippen molar-refractivity contribution >= 4 is 17.8 Å². The number of ether oxygens (including phenoxy) is 3. The van der Waals surface area contributed by atoms with Gasteiger partial charge in [-0.3, -0.25) is 4.79 Å². The van der Waals surface area contributed by atoms with Gasteiger partial charge in [-0.1, -0.05) is 48.5 Å². The molecule has 7 nitrogen and oxygen atoms in total. The molecule has 0 aromatic heterocycles. The lowest BCUT2D eigenvalue weighted by Crippen LogP contribution is -2.59. The SMILES string of the molecule is COCCOC(=O)[C@@](C)(NC(=O)c1ccccc1)C(=O)OCc1ccccc1. The van der Waals surface area contributed by atoms with Gasteiger partial charge in [0.1, 0.15) is 13.2 Å². The zero-order valence-corrected chi connectivity index (χ0v) is 15.8. The summed E-state index contributed by atoms with van der Waals surface area (Å²) in [6, 6.07) is 17.3. The van der Waals surface area contributed by atoms with Crippen molar-refractivity contribution in [3.8, 4) is 0 Å². The van der Waals surface area contributed by atoms with Crippen molar-refractivity contribution in [2.75, 3.05) is 20.3 Å². The Morgan fingerprint density at radius 2 is 1.43 bits per heavy atom. The summed E-state index contributed by atoms with van der Waals surface area (Å²) in [6.45, 7) is 1.32. The monoisotopic (exact) mass is 385 g/mol. The number of benzene rings is 2. The number of carbonyl (C=O) groups is 3. The average molecular weight is 385 g/mol. The molecule has 1 amide bonds. The van der Waals surface area contributed by atoms with Gasteiger partial charge in [0.05, 0.1) is 6.61 Å². The van der Waals surface area contributed by atoms with Crippen LogP contribution in [-0.2, 0) is 30.4 Å². The van der Waals surface area contributed by atoms with E-state index in [1.807, 2.05) is 6.07 Å². The molecule has 0 saturated carbocycles. The molecule has 0 aliphatic rings. The van der Waals surface area contributed by atoms with Crippen LogP contribution in [0.2, 0.25) is 0 Å². The average Bonchev–Trinajstić information content (AvgIpc) is 2.73. The second-order valence-corrected chi connectivity index (χ2v) is 6.14. The minimum absolute atomic E-state index is 0.0399. The van der Waals surface area contributed by atoms with Gasteiger partial charge in [0.2, 0.25) is 5.54 Å². The smallest absolute Gasteiger partial charge is 0.343 e. The van der Waals surface area contributed by atoms with Crippen molar-refractivity contribution in [1.82, 2.24) is 5.32 Å². The van der Waals surface area contributed by atoms with E-state index in [1.54, 1.807) is 54.6 Å². The second-order valence-electron chi connectivity index (χ2n) is 6.14. The van der Waals surface area contributed by atoms with Gasteiger partial charge in [0.25, 0.3) is 5.91 Å². The Morgan fingerprint density at radius 1 is 0.857 bits per heavy atom. The maximum atomic E-state index is 12.7. The topological polar surface area (TPSA) is 90.9 Å². The Bertz CT molecular complexity index is 793. The summed E-state index contributed by atoms with van der Waals surface area (Å²) in [4.78, 5) is 37.8. The predicted molar refractivity (Wildman–Crippen MR) is 101 cm³/mol. The van der Waals surface area contributed by atoms with Gasteiger partial charge in [-0.15, -0.1) is 0 Å². The van der Waals surface area contributed by atoms with Crippen LogP contribution < -0.4 is 5.32 Å². The van der Waals surface area contributed by atoms with Crippen LogP contribution in [0.4, 0.5) is 0 Å². The summed E-state index contributed by atoms with van der Waals surface area (Å²) in [5, 5.41) is 2.44. The van der Waals surface area contributed by atoms with E-state index in [-0.39, 0.29) is 19.8 Å². The van der Waals surface area contributed by atoms with E-state index in [4.69, 9.17) is 14.2 Å². The Kier molecular flexibility index (Phi) is 7.71. The molecule has 0 fully saturated rings. The van der Waals surface area contributed by atoms with E-state index < -0.39 is 23.4 Å². The third-order valence-corrected chi connectivity index (χ3v) is 3.95. The molecule has 0 unspecified atom stereocenters. The van der Waals surface area contributed by atoms with Crippen LogP contribution in [0.15, 0.2) is 60.7 Å². The van der Waals surface area contributed by atoms with Crippen LogP contribution in [0, 0.1) is 0 Å². The van der Waals surface area contributed by atoms with Gasteiger partial charge in [0.15, 0.2) is 0 Å². The second kappa shape index (κ2) is 10.2. The van der Waals surface area contributed by atoms with E-state index in [0.29, 0.717) is 5.56 Å². The fourth-order valence-corrected chi connectivity index (χ4v) is 2.30. The van der Waals surface area contributed by atoms with Crippen LogP contribution in [0.1, 0.15) is 22.8 Å². The van der Waals surface area contributed by atoms with Crippen LogP contribution in [0.25, 0.3) is 0 Å². The standard InChI is InChI=1S/C21H23NO6/c1-21(19(24)27-14-13-26-2,22-18(23)17-11-7-4-8-12-17)20(25)28-15-16-9-5-3-6-10-16/h3-12H,13-15H2,1-2H3,(H,22,23)/t21-/m1/s1. The number of nitrogens with one attached hydrogen (secondary N) is 1. The Labute approximate surface area is 163 Å². The molecule has 0 spiro atoms. The molecule has 7 heteroatoms. The van der Waals surface area contributed by atoms with Crippen LogP contribution in [0.3, 0.4) is 0 Å². The van der Waals surface area contributed by atoms with Crippen molar-refractivity contribution < 1.29 is 28.6 Å². The maximum absolute atomic E-state index is 12.7. The van der Waals surface area contributed by atoms with Crippen molar-refractivity contribution in [3.05, 3.63) is 71.8 Å². The van der Waals surface area contributed by atoms with E-state index >= 15 is 0 Å². The summed E-state index contributed by atoms with van der Waals surface area (Å²) in [5.74, 6) is -2.43. The molecule has 2 rings (SSSR count). The zero-order chi connectivity index (χ0) is 20.4. The van der Waals surface area contributed by atoms with E-state index in [0.717, 1.165) is 5.56 Å². The normalized spacial score (nSPS) is 12.5. The van der Waals surface area contributed by atoms with Crippen LogP contribution in [-0.4, -0.2) is 43.7 Å². The van der Waals surface area contributed by atoms with Gasteiger partial charge in [-0.05, 0) is 24.6 Å². The summed E-state index contributed by atoms with van der Waals surface area (Å²) >= 11 is 0. The number of hydrogen-bond acceptors (Lipinski definition) is 6. The van der Waals surface area contributed by atoms with Crippen molar-refractivity contribution in [2.24, 2.45) is 0 Å². The first-order valence-corrected chi connectivity index (χ1v) is 8.72. The molecule has 1 atom stereocenters. The molecule has 0 radical (unpaired) electrons. The van der Waals surface area contributed by atoms with Gasteiger partial charge < -0.3 is 19.5 Å². The third-order valence-electron chi connectivity index (χ3n) is 3.95. The fraction of sp³-hybridized carbons (Fsp3) is 0.286. The quantitative estimate of drug-likeness (QED) is 0.404. The molecular weight excluding hydrogens is 362 g/mol. The molecule has 0 saturated heterocycles. The number of esters is 2. The maximum Gasteiger partial charge on any atom is 0.343 e. The van der Waals surface area contributed by atoms with Crippen molar-refractivity contribution in [2.45, 2.75) is 19.1 Å². The fourth-order valence-electron chi connectivity index (χ4n) is 2.30. The molecular formula is C21H23NO6. The first kappa shape index (κ1) is 21.1. The lowest BCUT2D eigenvalue weighted by molar-refractivity contribution is -0.166. The Morgan fingerprint density at radius 3 is 2.04 bits per heavy atom. The molecule has 148 valence electrons. The minimum Gasteiger partial charge on any atom is -0.461 e. The molecule has 0 heterocycles. The summed E-state index contributed by atoms with van der Waals surface area (Å²) in [5.41, 5.74) is -0.954. The first-order chi connectivity index (χ1) is 13.5. The molecule has 2 aromatic carbocycles. The third kappa shape index (κ3) is 5.65. The predicted octanol–water partition coefficient (Wildman–Crippen LogP) is 2.11. The van der Waals surface area contributed by atoms with Crippen molar-refractivity contribution in [1.29, 1.82) is 0 Å². The number of amides is 1. The van der Waals surface area contributed by atoms with E-state index in [9.17, 15) is 14.4 Å². The number of carbonyl (C=O) groups excluding carboxylic acids is 3. The number of methoxy groups -OCH3 is 1. The molecule has 28 heavy (non-hydrogen) atoms. The van der Waals surface area contributed by atoms with Gasteiger partial charge in [-0.25, -0.2) is 9.59 Å². The van der Waals surface area contributed by atoms with E-state index in [1.165, 1.54) is 14.0 Å². The number of rotatable bonds is 9. The highest BCUT2D eigenvalue weighted by Crippen LogP contribution is 2.14. The lowest BCUT2D eigenvalue weighted by Gasteiger charge is -2.26. The largest absolute Gasteiger partial charge is 0.461 e. The van der Waals surface area contributed by atoms with Crippen molar-refractivity contribution in [3.63, 3.8) is 0 Å². The molecule has 0 bridgehead atoms. The Hall–Kier alpha value is -3.19. The summed E-state index contributed by atoms with van der Waals surface area (Å²) < 4.78 is 15.2. The zero-order valence-electron chi connectivity index (χ0n) is 15.8. The number of hydrogen-bond donors (Lipinski definition) is 1. The van der Waals surface area contributed by atoms with Gasteiger partial charge in [-0.2, -0.15) is 0 Å². The first-order valence-electron chi connectivity index (χ1n) is 8.72.